The van der Waals surface area contributed by atoms with Gasteiger partial charge in [0.1, 0.15) is 5.70 Å². The van der Waals surface area contributed by atoms with Crippen LogP contribution in [0.25, 0.3) is 6.08 Å². The number of carbonyl (C=O) groups is 2. The monoisotopic (exact) mass is 424 g/mol. The van der Waals surface area contributed by atoms with E-state index in [1.165, 1.54) is 0 Å². The minimum Gasteiger partial charge on any atom is -0.302 e. The zero-order chi connectivity index (χ0) is 15.7. The molecule has 2 aromatic rings. The average molecular weight is 425 g/mol. The first kappa shape index (κ1) is 15.1. The molecule has 1 fully saturated rings. The van der Waals surface area contributed by atoms with Crippen LogP contribution in [0.2, 0.25) is 5.02 Å². The topological polar surface area (TPSA) is 49.4 Å². The summed E-state index contributed by atoms with van der Waals surface area (Å²) in [6.45, 7) is 0. The Kier molecular flexibility index (Phi) is 4.17. The first-order valence-corrected chi connectivity index (χ1v) is 7.88. The Morgan fingerprint density at radius 2 is 1.64 bits per heavy atom. The fraction of sp³-hybridized carbons (Fsp3) is 0. The molecule has 0 unspecified atom stereocenters. The highest BCUT2D eigenvalue weighted by atomic mass is 127. The van der Waals surface area contributed by atoms with Crippen LogP contribution in [0.15, 0.2) is 54.2 Å². The lowest BCUT2D eigenvalue weighted by molar-refractivity contribution is -0.113. The number of rotatable bonds is 2. The zero-order valence-corrected chi connectivity index (χ0v) is 14.1. The number of benzene rings is 2. The summed E-state index contributed by atoms with van der Waals surface area (Å²) < 4.78 is 1.10. The second-order valence-electron chi connectivity index (χ2n) is 4.66. The van der Waals surface area contributed by atoms with Gasteiger partial charge in [-0.1, -0.05) is 23.7 Å². The van der Waals surface area contributed by atoms with Crippen LogP contribution in [0.3, 0.4) is 0 Å². The molecule has 0 bridgehead atoms. The number of anilines is 1. The molecule has 3 amide bonds. The van der Waals surface area contributed by atoms with Gasteiger partial charge in [0.15, 0.2) is 0 Å². The van der Waals surface area contributed by atoms with Crippen LogP contribution >= 0.6 is 34.2 Å². The van der Waals surface area contributed by atoms with Crippen molar-refractivity contribution in [1.29, 1.82) is 0 Å². The third-order valence-corrected chi connectivity index (χ3v) is 4.12. The third-order valence-electron chi connectivity index (χ3n) is 3.14. The number of nitrogens with zero attached hydrogens (tertiary/aromatic N) is 1. The zero-order valence-electron chi connectivity index (χ0n) is 11.2. The lowest BCUT2D eigenvalue weighted by Crippen LogP contribution is -2.30. The number of hydrogen-bond donors (Lipinski definition) is 1. The molecule has 1 saturated heterocycles. The molecule has 1 N–H and O–H groups in total. The summed E-state index contributed by atoms with van der Waals surface area (Å²) in [5.41, 5.74) is 1.58. The van der Waals surface area contributed by atoms with Gasteiger partial charge >= 0.3 is 6.03 Å². The van der Waals surface area contributed by atoms with E-state index in [9.17, 15) is 9.59 Å². The van der Waals surface area contributed by atoms with E-state index < -0.39 is 6.03 Å². The average Bonchev–Trinajstić information content (AvgIpc) is 2.77. The van der Waals surface area contributed by atoms with E-state index >= 15 is 0 Å². The Bertz CT molecular complexity index is 770. The number of imide groups is 1. The molecule has 0 aromatic heterocycles. The minimum atomic E-state index is -0.468. The molecule has 0 radical (unpaired) electrons. The van der Waals surface area contributed by atoms with Gasteiger partial charge in [-0.2, -0.15) is 0 Å². The van der Waals surface area contributed by atoms with Gasteiger partial charge in [-0.25, -0.2) is 9.69 Å². The molecule has 4 nitrogen and oxygen atoms in total. The van der Waals surface area contributed by atoms with Crippen molar-refractivity contribution < 1.29 is 9.59 Å². The van der Waals surface area contributed by atoms with Gasteiger partial charge in [-0.3, -0.25) is 4.79 Å². The first-order chi connectivity index (χ1) is 10.5. The molecule has 1 aliphatic rings. The number of halogens is 2. The molecule has 0 aliphatic carbocycles. The summed E-state index contributed by atoms with van der Waals surface area (Å²) in [6, 6.07) is 13.7. The fourth-order valence-corrected chi connectivity index (χ4v) is 2.57. The molecule has 0 spiro atoms. The van der Waals surface area contributed by atoms with Crippen LogP contribution in [0, 0.1) is 3.57 Å². The quantitative estimate of drug-likeness (QED) is 0.449. The predicted molar refractivity (Wildman–Crippen MR) is 94.6 cm³/mol. The van der Waals surface area contributed by atoms with E-state index in [1.54, 1.807) is 30.3 Å². The Hall–Kier alpha value is -1.86. The van der Waals surface area contributed by atoms with Crippen molar-refractivity contribution in [2.45, 2.75) is 0 Å². The van der Waals surface area contributed by atoms with Crippen molar-refractivity contribution in [2.24, 2.45) is 0 Å². The van der Waals surface area contributed by atoms with Gasteiger partial charge in [0, 0.05) is 8.59 Å². The Morgan fingerprint density at radius 3 is 2.27 bits per heavy atom. The minimum absolute atomic E-state index is 0.251. The molecule has 1 aliphatic heterocycles. The van der Waals surface area contributed by atoms with Crippen molar-refractivity contribution >= 4 is 57.9 Å². The Balaban J connectivity index is 1.91. The molecule has 110 valence electrons. The van der Waals surface area contributed by atoms with Crippen LogP contribution in [-0.4, -0.2) is 11.9 Å². The lowest BCUT2D eigenvalue weighted by atomic mass is 10.2. The molecule has 22 heavy (non-hydrogen) atoms. The molecule has 1 heterocycles. The van der Waals surface area contributed by atoms with Crippen molar-refractivity contribution in [3.8, 4) is 0 Å². The molecule has 2 aromatic carbocycles. The first-order valence-electron chi connectivity index (χ1n) is 6.43. The maximum atomic E-state index is 12.4. The van der Waals surface area contributed by atoms with Crippen molar-refractivity contribution in [3.05, 3.63) is 68.4 Å². The second kappa shape index (κ2) is 6.10. The number of urea groups is 1. The molecule has 3 rings (SSSR count). The summed E-state index contributed by atoms with van der Waals surface area (Å²) in [5, 5.41) is 3.14. The summed E-state index contributed by atoms with van der Waals surface area (Å²) in [4.78, 5) is 25.5. The lowest BCUT2D eigenvalue weighted by Gasteiger charge is -2.11. The summed E-state index contributed by atoms with van der Waals surface area (Å²) in [6.07, 6.45) is 1.66. The largest absolute Gasteiger partial charge is 0.333 e. The maximum absolute atomic E-state index is 12.4. The van der Waals surface area contributed by atoms with E-state index in [-0.39, 0.29) is 11.6 Å². The maximum Gasteiger partial charge on any atom is 0.333 e. The van der Waals surface area contributed by atoms with E-state index in [4.69, 9.17) is 11.6 Å². The van der Waals surface area contributed by atoms with Crippen molar-refractivity contribution in [2.75, 3.05) is 4.90 Å². The van der Waals surface area contributed by atoms with Gasteiger partial charge in [-0.05, 0) is 70.6 Å². The van der Waals surface area contributed by atoms with Gasteiger partial charge in [0.2, 0.25) is 0 Å². The standard InChI is InChI=1S/C16H10ClIN2O2/c17-11-3-7-13(8-4-11)20-15(21)14(19-16(20)22)9-10-1-5-12(18)6-2-10/h1-9H,(H,19,22)/b14-9+. The SMILES string of the molecule is O=C1N/C(=C/c2ccc(I)cc2)C(=O)N1c1ccc(Cl)cc1. The van der Waals surface area contributed by atoms with Gasteiger partial charge in [0.25, 0.3) is 5.91 Å². The highest BCUT2D eigenvalue weighted by molar-refractivity contribution is 14.1. The van der Waals surface area contributed by atoms with Crippen LogP contribution in [-0.2, 0) is 4.79 Å². The van der Waals surface area contributed by atoms with Gasteiger partial charge in [-0.15, -0.1) is 0 Å². The summed E-state index contributed by atoms with van der Waals surface area (Å²) in [7, 11) is 0. The van der Waals surface area contributed by atoms with E-state index in [2.05, 4.69) is 27.9 Å². The van der Waals surface area contributed by atoms with Gasteiger partial charge in [0.05, 0.1) is 5.69 Å². The van der Waals surface area contributed by atoms with Crippen LogP contribution < -0.4 is 10.2 Å². The highest BCUT2D eigenvalue weighted by Gasteiger charge is 2.34. The van der Waals surface area contributed by atoms with Gasteiger partial charge < -0.3 is 5.32 Å². The number of nitrogens with one attached hydrogen (secondary N) is 1. The van der Waals surface area contributed by atoms with E-state index in [0.29, 0.717) is 10.7 Å². The predicted octanol–water partition coefficient (Wildman–Crippen LogP) is 4.04. The molecule has 6 heteroatoms. The Labute approximate surface area is 145 Å². The Morgan fingerprint density at radius 1 is 1.00 bits per heavy atom. The smallest absolute Gasteiger partial charge is 0.302 e. The normalized spacial score (nSPS) is 16.3. The molecule has 0 saturated carbocycles. The highest BCUT2D eigenvalue weighted by Crippen LogP contribution is 2.24. The summed E-state index contributed by atoms with van der Waals surface area (Å²) in [5.74, 6) is -0.383. The second-order valence-corrected chi connectivity index (χ2v) is 6.34. The van der Waals surface area contributed by atoms with Crippen LogP contribution in [0.1, 0.15) is 5.56 Å². The van der Waals surface area contributed by atoms with E-state index in [0.717, 1.165) is 14.0 Å². The summed E-state index contributed by atoms with van der Waals surface area (Å²) >= 11 is 8.03. The fourth-order valence-electron chi connectivity index (χ4n) is 2.09. The third kappa shape index (κ3) is 3.00. The molecule has 0 atom stereocenters. The number of carbonyl (C=O) groups excluding carboxylic acids is 2. The number of hydrogen-bond acceptors (Lipinski definition) is 2. The molecular weight excluding hydrogens is 415 g/mol. The van der Waals surface area contributed by atoms with Crippen molar-refractivity contribution in [3.63, 3.8) is 0 Å². The number of amides is 3. The van der Waals surface area contributed by atoms with E-state index in [1.807, 2.05) is 24.3 Å². The van der Waals surface area contributed by atoms with Crippen LogP contribution in [0.5, 0.6) is 0 Å². The van der Waals surface area contributed by atoms with Crippen LogP contribution in [0.4, 0.5) is 10.5 Å². The van der Waals surface area contributed by atoms with Crippen molar-refractivity contribution in [1.82, 2.24) is 5.32 Å². The molecular formula is C16H10ClIN2O2.